The van der Waals surface area contributed by atoms with Crippen LogP contribution in [0.25, 0.3) is 16.8 Å². The molecule has 6 heteroatoms. The van der Waals surface area contributed by atoms with E-state index in [0.717, 1.165) is 46.0 Å². The van der Waals surface area contributed by atoms with Crippen molar-refractivity contribution in [1.29, 1.82) is 0 Å². The summed E-state index contributed by atoms with van der Waals surface area (Å²) in [7, 11) is 1.70. The normalized spacial score (nSPS) is 16.1. The van der Waals surface area contributed by atoms with E-state index in [1.165, 1.54) is 30.6 Å². The van der Waals surface area contributed by atoms with Crippen molar-refractivity contribution in [2.75, 3.05) is 18.6 Å². The van der Waals surface area contributed by atoms with E-state index in [-0.39, 0.29) is 0 Å². The van der Waals surface area contributed by atoms with Crippen LogP contribution >= 0.6 is 0 Å². The van der Waals surface area contributed by atoms with Crippen molar-refractivity contribution in [3.05, 3.63) is 40.7 Å². The van der Waals surface area contributed by atoms with Crippen molar-refractivity contribution in [2.45, 2.75) is 59.3 Å². The van der Waals surface area contributed by atoms with E-state index in [1.54, 1.807) is 7.11 Å². The number of fused-ring (bicyclic) bond motifs is 2. The summed E-state index contributed by atoms with van der Waals surface area (Å²) in [5.41, 5.74) is 7.60. The molecule has 0 amide bonds. The highest BCUT2D eigenvalue weighted by atomic mass is 16.5. The summed E-state index contributed by atoms with van der Waals surface area (Å²) >= 11 is 0. The lowest BCUT2D eigenvalue weighted by Crippen LogP contribution is -2.42. The monoisotopic (exact) mass is 392 g/mol. The van der Waals surface area contributed by atoms with Gasteiger partial charge >= 0.3 is 0 Å². The highest BCUT2D eigenvalue weighted by Crippen LogP contribution is 2.39. The molecule has 1 aliphatic carbocycles. The number of benzene rings is 1. The van der Waals surface area contributed by atoms with Gasteiger partial charge in [-0.3, -0.25) is 0 Å². The third-order valence-corrected chi connectivity index (χ3v) is 6.41. The van der Waals surface area contributed by atoms with Crippen LogP contribution in [0.1, 0.15) is 48.7 Å². The SMILES string of the molecule is CCN(c1c2c(nc3c(-c4ccc(OC)cc4C)c(C)nn13)COC2)C1CCC1. The zero-order chi connectivity index (χ0) is 20.1. The van der Waals surface area contributed by atoms with Gasteiger partial charge in [0.2, 0.25) is 0 Å². The molecule has 0 radical (unpaired) electrons. The van der Waals surface area contributed by atoms with Crippen LogP contribution in [0.5, 0.6) is 5.75 Å². The van der Waals surface area contributed by atoms with Gasteiger partial charge in [0.1, 0.15) is 11.6 Å². The number of hydrogen-bond donors (Lipinski definition) is 0. The minimum absolute atomic E-state index is 0.576. The summed E-state index contributed by atoms with van der Waals surface area (Å²) in [6.45, 7) is 8.59. The van der Waals surface area contributed by atoms with Crippen LogP contribution in [-0.2, 0) is 18.0 Å². The Balaban J connectivity index is 1.76. The van der Waals surface area contributed by atoms with Crippen molar-refractivity contribution in [1.82, 2.24) is 14.6 Å². The fourth-order valence-electron chi connectivity index (χ4n) is 4.67. The molecule has 1 aromatic carbocycles. The Morgan fingerprint density at radius 1 is 1.24 bits per heavy atom. The number of aryl methyl sites for hydroxylation is 2. The molecule has 0 unspecified atom stereocenters. The first kappa shape index (κ1) is 18.4. The molecule has 1 aliphatic heterocycles. The van der Waals surface area contributed by atoms with E-state index in [1.807, 2.05) is 6.07 Å². The Labute approximate surface area is 171 Å². The van der Waals surface area contributed by atoms with Gasteiger partial charge in [0.05, 0.1) is 31.7 Å². The van der Waals surface area contributed by atoms with Gasteiger partial charge in [0.15, 0.2) is 5.65 Å². The minimum Gasteiger partial charge on any atom is -0.497 e. The highest BCUT2D eigenvalue weighted by Gasteiger charge is 2.32. The molecule has 0 saturated heterocycles. The summed E-state index contributed by atoms with van der Waals surface area (Å²) in [4.78, 5) is 7.55. The van der Waals surface area contributed by atoms with Crippen molar-refractivity contribution < 1.29 is 9.47 Å². The molecule has 6 nitrogen and oxygen atoms in total. The predicted octanol–water partition coefficient (Wildman–Crippen LogP) is 4.43. The smallest absolute Gasteiger partial charge is 0.165 e. The van der Waals surface area contributed by atoms with Crippen molar-refractivity contribution in [3.63, 3.8) is 0 Å². The van der Waals surface area contributed by atoms with Crippen LogP contribution in [0.3, 0.4) is 0 Å². The lowest BCUT2D eigenvalue weighted by atomic mass is 9.91. The maximum absolute atomic E-state index is 5.81. The van der Waals surface area contributed by atoms with Crippen LogP contribution in [0.4, 0.5) is 5.82 Å². The molecule has 2 aliphatic rings. The van der Waals surface area contributed by atoms with Crippen LogP contribution in [0.2, 0.25) is 0 Å². The fourth-order valence-corrected chi connectivity index (χ4v) is 4.67. The molecule has 1 saturated carbocycles. The number of ether oxygens (including phenoxy) is 2. The van der Waals surface area contributed by atoms with Gasteiger partial charge < -0.3 is 14.4 Å². The van der Waals surface area contributed by atoms with Gasteiger partial charge in [-0.15, -0.1) is 0 Å². The largest absolute Gasteiger partial charge is 0.497 e. The van der Waals surface area contributed by atoms with Crippen molar-refractivity contribution in [2.24, 2.45) is 0 Å². The molecule has 0 N–H and O–H groups in total. The first-order valence-corrected chi connectivity index (χ1v) is 10.5. The van der Waals surface area contributed by atoms with Gasteiger partial charge in [0.25, 0.3) is 0 Å². The number of nitrogens with zero attached hydrogens (tertiary/aromatic N) is 4. The summed E-state index contributed by atoms with van der Waals surface area (Å²) in [6, 6.07) is 6.79. The second-order valence-electron chi connectivity index (χ2n) is 8.10. The molecule has 0 atom stereocenters. The maximum atomic E-state index is 5.81. The number of anilines is 1. The zero-order valence-electron chi connectivity index (χ0n) is 17.7. The second-order valence-corrected chi connectivity index (χ2v) is 8.10. The Bertz CT molecular complexity index is 1080. The Morgan fingerprint density at radius 2 is 2.07 bits per heavy atom. The van der Waals surface area contributed by atoms with Gasteiger partial charge in [-0.1, -0.05) is 6.07 Å². The maximum Gasteiger partial charge on any atom is 0.165 e. The van der Waals surface area contributed by atoms with E-state index >= 15 is 0 Å². The molecule has 152 valence electrons. The lowest BCUT2D eigenvalue weighted by molar-refractivity contribution is 0.133. The van der Waals surface area contributed by atoms with Gasteiger partial charge in [-0.2, -0.15) is 9.61 Å². The van der Waals surface area contributed by atoms with Crippen LogP contribution in [0.15, 0.2) is 18.2 Å². The Hall–Kier alpha value is -2.60. The van der Waals surface area contributed by atoms with Crippen molar-refractivity contribution in [3.8, 4) is 16.9 Å². The lowest BCUT2D eigenvalue weighted by Gasteiger charge is -2.39. The molecular weight excluding hydrogens is 364 g/mol. The minimum atomic E-state index is 0.576. The summed E-state index contributed by atoms with van der Waals surface area (Å²) < 4.78 is 13.3. The van der Waals surface area contributed by atoms with Crippen LogP contribution < -0.4 is 9.64 Å². The van der Waals surface area contributed by atoms with Gasteiger partial charge in [-0.05, 0) is 63.3 Å². The van der Waals surface area contributed by atoms with Gasteiger partial charge in [0, 0.05) is 23.7 Å². The van der Waals surface area contributed by atoms with E-state index in [4.69, 9.17) is 19.6 Å². The molecule has 3 heterocycles. The van der Waals surface area contributed by atoms with E-state index in [0.29, 0.717) is 19.3 Å². The van der Waals surface area contributed by atoms with Crippen LogP contribution in [0, 0.1) is 13.8 Å². The third kappa shape index (κ3) is 2.81. The molecule has 5 rings (SSSR count). The fraction of sp³-hybridized carbons (Fsp3) is 0.478. The number of rotatable bonds is 5. The molecule has 3 aromatic rings. The predicted molar refractivity (Wildman–Crippen MR) is 114 cm³/mol. The molecule has 0 bridgehead atoms. The quantitative estimate of drug-likeness (QED) is 0.643. The van der Waals surface area contributed by atoms with Gasteiger partial charge in [-0.25, -0.2) is 4.98 Å². The average Bonchev–Trinajstić information content (AvgIpc) is 3.26. The Kier molecular flexibility index (Phi) is 4.46. The first-order valence-electron chi connectivity index (χ1n) is 10.5. The number of aromatic nitrogens is 3. The number of hydrogen-bond acceptors (Lipinski definition) is 5. The molecule has 1 fully saturated rings. The van der Waals surface area contributed by atoms with Crippen LogP contribution in [-0.4, -0.2) is 34.3 Å². The molecular formula is C23H28N4O2. The molecule has 0 spiro atoms. The first-order chi connectivity index (χ1) is 14.1. The molecule has 29 heavy (non-hydrogen) atoms. The molecule has 2 aromatic heterocycles. The Morgan fingerprint density at radius 3 is 2.72 bits per heavy atom. The summed E-state index contributed by atoms with van der Waals surface area (Å²) in [5, 5.41) is 4.99. The standard InChI is InChI=1S/C23H28N4O2/c1-5-26(16-7-6-8-16)23-19-12-29-13-20(19)24-22-21(15(3)25-27(22)23)18-10-9-17(28-4)11-14(18)2/h9-11,16H,5-8,12-13H2,1-4H3. The van der Waals surface area contributed by atoms with E-state index < -0.39 is 0 Å². The summed E-state index contributed by atoms with van der Waals surface area (Å²) in [5.74, 6) is 2.04. The highest BCUT2D eigenvalue weighted by molar-refractivity contribution is 5.83. The third-order valence-electron chi connectivity index (χ3n) is 6.41. The van der Waals surface area contributed by atoms with Crippen molar-refractivity contribution >= 4 is 11.5 Å². The average molecular weight is 393 g/mol. The topological polar surface area (TPSA) is 51.9 Å². The summed E-state index contributed by atoms with van der Waals surface area (Å²) in [6.07, 6.45) is 3.80. The number of methoxy groups -OCH3 is 1. The second kappa shape index (κ2) is 7.02. The van der Waals surface area contributed by atoms with E-state index in [2.05, 4.69) is 42.3 Å². The zero-order valence-corrected chi connectivity index (χ0v) is 17.7. The van der Waals surface area contributed by atoms with E-state index in [9.17, 15) is 0 Å².